The quantitative estimate of drug-likeness (QED) is 0.0473. The smallest absolute Gasteiger partial charge is 0.264 e. The number of allylic oxidation sites excluding steroid dienone is 1. The molecule has 6 rings (SSSR count). The Hall–Kier alpha value is -5.82. The zero-order chi connectivity index (χ0) is 40.9. The minimum Gasteiger partial charge on any atom is -0.492 e. The Morgan fingerprint density at radius 1 is 0.776 bits per heavy atom. The topological polar surface area (TPSA) is 144 Å². The second-order valence-electron chi connectivity index (χ2n) is 13.8. The number of piperidine rings is 1. The van der Waals surface area contributed by atoms with Crippen LogP contribution in [0, 0.1) is 0 Å². The van der Waals surface area contributed by atoms with E-state index in [1.807, 2.05) is 48.5 Å². The number of nitrogens with zero attached hydrogens (tertiary/aromatic N) is 2. The van der Waals surface area contributed by atoms with Crippen LogP contribution < -0.4 is 15.4 Å². The molecule has 302 valence electrons. The fourth-order valence-corrected chi connectivity index (χ4v) is 7.19. The molecule has 2 aliphatic rings. The van der Waals surface area contributed by atoms with Crippen LogP contribution in [0.4, 0.5) is 5.69 Å². The molecule has 4 aromatic carbocycles. The van der Waals surface area contributed by atoms with Gasteiger partial charge in [-0.3, -0.25) is 34.2 Å². The molecular formula is C45H47ClN4O8. The van der Waals surface area contributed by atoms with E-state index in [9.17, 15) is 24.0 Å². The highest BCUT2D eigenvalue weighted by atomic mass is 35.5. The summed E-state index contributed by atoms with van der Waals surface area (Å²) in [5, 5.41) is 5.33. The number of rotatable bonds is 20. The first-order chi connectivity index (χ1) is 28.3. The standard InChI is InChI=1S/C45H47ClN4O8/c1-49(25-28-58-34-17-15-33(16-18-34)41(32-11-6-3-7-12-32)35(21-23-46)31-9-4-2-5-10-31)40(52)22-26-56-29-30-57-27-24-47-37-14-8-13-36-42(37)45(55)50(44(36)54)38-19-20-39(51)48-43(38)53/h2-18,38,47H,19-30H2,1H3,(H,48,51,53). The Kier molecular flexibility index (Phi) is 14.8. The Morgan fingerprint density at radius 3 is 2.14 bits per heavy atom. The number of halogens is 1. The minimum atomic E-state index is -1.03. The molecule has 2 N–H and O–H groups in total. The number of hydrogen-bond donors (Lipinski definition) is 2. The highest BCUT2D eigenvalue weighted by Gasteiger charge is 2.45. The summed E-state index contributed by atoms with van der Waals surface area (Å²) in [6.07, 6.45) is 1.08. The predicted molar refractivity (Wildman–Crippen MR) is 222 cm³/mol. The summed E-state index contributed by atoms with van der Waals surface area (Å²) in [5.74, 6) is -1.07. The van der Waals surface area contributed by atoms with E-state index < -0.39 is 29.7 Å². The van der Waals surface area contributed by atoms with Crippen LogP contribution in [0.3, 0.4) is 0 Å². The molecule has 0 saturated carbocycles. The highest BCUT2D eigenvalue weighted by Crippen LogP contribution is 2.36. The van der Waals surface area contributed by atoms with Crippen molar-refractivity contribution in [3.05, 3.63) is 131 Å². The number of imide groups is 2. The molecule has 12 nitrogen and oxygen atoms in total. The molecule has 4 aromatic rings. The largest absolute Gasteiger partial charge is 0.492 e. The number of carbonyl (C=O) groups excluding carboxylic acids is 5. The van der Waals surface area contributed by atoms with Crippen LogP contribution in [-0.2, 0) is 23.9 Å². The number of ether oxygens (including phenoxy) is 3. The van der Waals surface area contributed by atoms with Crippen molar-refractivity contribution < 1.29 is 38.2 Å². The van der Waals surface area contributed by atoms with Crippen molar-refractivity contribution in [2.45, 2.75) is 31.7 Å². The Balaban J connectivity index is 0.880. The van der Waals surface area contributed by atoms with E-state index in [1.165, 1.54) is 5.57 Å². The van der Waals surface area contributed by atoms with Gasteiger partial charge in [0.2, 0.25) is 17.7 Å². The van der Waals surface area contributed by atoms with E-state index in [0.717, 1.165) is 33.6 Å². The monoisotopic (exact) mass is 806 g/mol. The molecule has 1 unspecified atom stereocenters. The van der Waals surface area contributed by atoms with Gasteiger partial charge in [-0.25, -0.2) is 0 Å². The van der Waals surface area contributed by atoms with Gasteiger partial charge in [0.05, 0.1) is 50.5 Å². The van der Waals surface area contributed by atoms with Gasteiger partial charge in [-0.05, 0) is 64.9 Å². The van der Waals surface area contributed by atoms with Crippen molar-refractivity contribution in [1.29, 1.82) is 0 Å². The van der Waals surface area contributed by atoms with Gasteiger partial charge in [0.1, 0.15) is 18.4 Å². The average Bonchev–Trinajstić information content (AvgIpc) is 3.50. The molecular weight excluding hydrogens is 760 g/mol. The van der Waals surface area contributed by atoms with Crippen LogP contribution in [0.15, 0.2) is 103 Å². The molecule has 1 atom stereocenters. The number of benzene rings is 4. The molecule has 2 aliphatic heterocycles. The maximum atomic E-state index is 13.2. The summed E-state index contributed by atoms with van der Waals surface area (Å²) in [6, 6.07) is 32.5. The number of likely N-dealkylation sites (N-methyl/N-ethyl adjacent to an activating group) is 1. The van der Waals surface area contributed by atoms with E-state index >= 15 is 0 Å². The SMILES string of the molecule is CN(CCOc1ccc(C(=C(CCCl)c2ccccc2)c2ccccc2)cc1)C(=O)CCOCCOCCNc1cccc2c1C(=O)N(C1CCC(=O)NC1=O)C2=O. The molecule has 0 aliphatic carbocycles. The zero-order valence-electron chi connectivity index (χ0n) is 32.4. The molecule has 5 amide bonds. The molecule has 58 heavy (non-hydrogen) atoms. The van der Waals surface area contributed by atoms with Crippen LogP contribution >= 0.6 is 11.6 Å². The maximum Gasteiger partial charge on any atom is 0.264 e. The summed E-state index contributed by atoms with van der Waals surface area (Å²) in [4.78, 5) is 65.5. The fourth-order valence-electron chi connectivity index (χ4n) is 7.00. The van der Waals surface area contributed by atoms with Crippen molar-refractivity contribution in [3.63, 3.8) is 0 Å². The molecule has 13 heteroatoms. The van der Waals surface area contributed by atoms with Crippen molar-refractivity contribution in [2.24, 2.45) is 0 Å². The first-order valence-electron chi connectivity index (χ1n) is 19.4. The zero-order valence-corrected chi connectivity index (χ0v) is 33.2. The van der Waals surface area contributed by atoms with E-state index in [0.29, 0.717) is 56.8 Å². The number of amides is 5. The van der Waals surface area contributed by atoms with Gasteiger partial charge in [0.15, 0.2) is 0 Å². The molecule has 1 saturated heterocycles. The van der Waals surface area contributed by atoms with Crippen LogP contribution in [0.25, 0.3) is 11.1 Å². The summed E-state index contributed by atoms with van der Waals surface area (Å²) < 4.78 is 17.3. The van der Waals surface area contributed by atoms with Crippen molar-refractivity contribution in [2.75, 3.05) is 64.4 Å². The number of fused-ring (bicyclic) bond motifs is 1. The second kappa shape index (κ2) is 20.6. The Morgan fingerprint density at radius 2 is 1.45 bits per heavy atom. The van der Waals surface area contributed by atoms with Crippen LogP contribution in [0.5, 0.6) is 5.75 Å². The molecule has 0 spiro atoms. The van der Waals surface area contributed by atoms with E-state index in [1.54, 1.807) is 30.1 Å². The summed E-state index contributed by atoms with van der Waals surface area (Å²) >= 11 is 6.29. The van der Waals surface area contributed by atoms with E-state index in [2.05, 4.69) is 47.0 Å². The number of anilines is 1. The van der Waals surface area contributed by atoms with Gasteiger partial charge in [-0.2, -0.15) is 0 Å². The van der Waals surface area contributed by atoms with Gasteiger partial charge < -0.3 is 24.4 Å². The molecule has 0 aromatic heterocycles. The third-order valence-electron chi connectivity index (χ3n) is 9.96. The summed E-state index contributed by atoms with van der Waals surface area (Å²) in [6.45, 7) is 2.24. The van der Waals surface area contributed by atoms with Crippen LogP contribution in [-0.4, -0.2) is 104 Å². The molecule has 0 radical (unpaired) electrons. The highest BCUT2D eigenvalue weighted by molar-refractivity contribution is 6.25. The van der Waals surface area contributed by atoms with Gasteiger partial charge in [-0.1, -0.05) is 78.9 Å². The number of hydrogen-bond acceptors (Lipinski definition) is 9. The summed E-state index contributed by atoms with van der Waals surface area (Å²) in [7, 11) is 1.74. The van der Waals surface area contributed by atoms with Gasteiger partial charge >= 0.3 is 0 Å². The van der Waals surface area contributed by atoms with Crippen molar-refractivity contribution >= 4 is 58.0 Å². The lowest BCUT2D eigenvalue weighted by Gasteiger charge is -2.27. The van der Waals surface area contributed by atoms with Gasteiger partial charge in [-0.15, -0.1) is 11.6 Å². The van der Waals surface area contributed by atoms with Crippen molar-refractivity contribution in [3.8, 4) is 5.75 Å². The first-order valence-corrected chi connectivity index (χ1v) is 19.9. The third kappa shape index (κ3) is 10.4. The Labute approximate surface area is 343 Å². The van der Waals surface area contributed by atoms with E-state index in [-0.39, 0.29) is 42.9 Å². The average molecular weight is 807 g/mol. The molecule has 1 fully saturated rings. The van der Waals surface area contributed by atoms with Crippen LogP contribution in [0.2, 0.25) is 0 Å². The van der Waals surface area contributed by atoms with Crippen LogP contribution in [0.1, 0.15) is 63.1 Å². The van der Waals surface area contributed by atoms with E-state index in [4.69, 9.17) is 25.8 Å². The number of carbonyl (C=O) groups is 5. The second-order valence-corrected chi connectivity index (χ2v) is 14.2. The predicted octanol–water partition coefficient (Wildman–Crippen LogP) is 6.05. The summed E-state index contributed by atoms with van der Waals surface area (Å²) in [5.41, 5.74) is 6.46. The lowest BCUT2D eigenvalue weighted by molar-refractivity contribution is -0.136. The number of nitrogens with one attached hydrogen (secondary N) is 2. The molecule has 0 bridgehead atoms. The van der Waals surface area contributed by atoms with Gasteiger partial charge in [0.25, 0.3) is 11.8 Å². The normalized spacial score (nSPS) is 15.5. The third-order valence-corrected chi connectivity index (χ3v) is 10.1. The lowest BCUT2D eigenvalue weighted by Crippen LogP contribution is -2.54. The maximum absolute atomic E-state index is 13.2. The first kappa shape index (κ1) is 41.8. The lowest BCUT2D eigenvalue weighted by atomic mass is 9.88. The number of alkyl halides is 1. The van der Waals surface area contributed by atoms with Gasteiger partial charge in [0, 0.05) is 31.6 Å². The van der Waals surface area contributed by atoms with Crippen molar-refractivity contribution in [1.82, 2.24) is 15.1 Å². The Bertz CT molecular complexity index is 2110. The molecule has 2 heterocycles. The fraction of sp³-hybridized carbons (Fsp3) is 0.311. The minimum absolute atomic E-state index is 0.0543.